The molecule has 7 nitrogen and oxygen atoms in total. The number of guanidine groups is 1. The summed E-state index contributed by atoms with van der Waals surface area (Å²) >= 11 is 0. The van der Waals surface area contributed by atoms with Crippen LogP contribution in [-0.4, -0.2) is 80.6 Å². The van der Waals surface area contributed by atoms with Gasteiger partial charge in [-0.25, -0.2) is 4.99 Å². The summed E-state index contributed by atoms with van der Waals surface area (Å²) in [5.41, 5.74) is 1.26. The lowest BCUT2D eigenvalue weighted by Crippen LogP contribution is -2.44. The van der Waals surface area contributed by atoms with Crippen LogP contribution >= 0.6 is 24.0 Å². The molecule has 0 spiro atoms. The van der Waals surface area contributed by atoms with Gasteiger partial charge in [-0.15, -0.1) is 24.0 Å². The molecule has 0 bridgehead atoms. The van der Waals surface area contributed by atoms with Gasteiger partial charge in [0, 0.05) is 40.2 Å². The first-order valence-electron chi connectivity index (χ1n) is 10.8. The van der Waals surface area contributed by atoms with E-state index in [1.54, 1.807) is 4.90 Å². The van der Waals surface area contributed by atoms with Crippen LogP contribution in [0.25, 0.3) is 0 Å². The third kappa shape index (κ3) is 6.73. The second kappa shape index (κ2) is 12.3. The highest BCUT2D eigenvalue weighted by Crippen LogP contribution is 2.28. The molecule has 2 atom stereocenters. The average molecular weight is 529 g/mol. The molecule has 168 valence electrons. The lowest BCUT2D eigenvalue weighted by atomic mass is 10.1. The number of fused-ring (bicyclic) bond motifs is 1. The maximum atomic E-state index is 12.3. The predicted molar refractivity (Wildman–Crippen MR) is 132 cm³/mol. The molecule has 0 saturated carbocycles. The number of nitrogens with one attached hydrogen (secondary N) is 2. The molecule has 3 rings (SSSR count). The third-order valence-corrected chi connectivity index (χ3v) is 5.52. The van der Waals surface area contributed by atoms with Crippen molar-refractivity contribution in [1.29, 1.82) is 0 Å². The van der Waals surface area contributed by atoms with E-state index >= 15 is 0 Å². The molecule has 2 unspecified atom stereocenters. The number of hydrogen-bond donors (Lipinski definition) is 2. The van der Waals surface area contributed by atoms with Gasteiger partial charge < -0.3 is 20.3 Å². The van der Waals surface area contributed by atoms with Gasteiger partial charge in [0.15, 0.2) is 5.96 Å². The van der Waals surface area contributed by atoms with Crippen LogP contribution < -0.4 is 15.4 Å². The van der Waals surface area contributed by atoms with E-state index < -0.39 is 0 Å². The van der Waals surface area contributed by atoms with E-state index in [9.17, 15) is 4.79 Å². The molecule has 2 heterocycles. The molecular formula is C22H36IN5O2. The summed E-state index contributed by atoms with van der Waals surface area (Å²) in [6.07, 6.45) is 4.07. The molecule has 2 aliphatic rings. The van der Waals surface area contributed by atoms with Crippen LogP contribution in [0.1, 0.15) is 31.7 Å². The SMILES string of the molecule is CCNC(=NCC1Cc2ccccc2O1)NCCCN1CCCC1C(=O)N(C)C.I. The molecular weight excluding hydrogens is 493 g/mol. The van der Waals surface area contributed by atoms with Crippen molar-refractivity contribution in [3.63, 3.8) is 0 Å². The second-order valence-electron chi connectivity index (χ2n) is 7.98. The van der Waals surface area contributed by atoms with Gasteiger partial charge in [0.25, 0.3) is 0 Å². The Bertz CT molecular complexity index is 688. The van der Waals surface area contributed by atoms with Crippen LogP contribution in [0.2, 0.25) is 0 Å². The molecule has 30 heavy (non-hydrogen) atoms. The summed E-state index contributed by atoms with van der Waals surface area (Å²) in [6, 6.07) is 8.25. The van der Waals surface area contributed by atoms with Gasteiger partial charge in [-0.1, -0.05) is 18.2 Å². The number of benzene rings is 1. The Balaban J connectivity index is 0.00000320. The van der Waals surface area contributed by atoms with Crippen LogP contribution in [0.4, 0.5) is 0 Å². The Morgan fingerprint density at radius 3 is 2.83 bits per heavy atom. The first-order chi connectivity index (χ1) is 14.1. The zero-order valence-electron chi connectivity index (χ0n) is 18.4. The number of carbonyl (C=O) groups is 1. The molecule has 0 aromatic heterocycles. The zero-order valence-corrected chi connectivity index (χ0v) is 20.7. The van der Waals surface area contributed by atoms with E-state index in [0.29, 0.717) is 6.54 Å². The number of hydrogen-bond acceptors (Lipinski definition) is 4. The van der Waals surface area contributed by atoms with E-state index in [4.69, 9.17) is 9.73 Å². The van der Waals surface area contributed by atoms with Gasteiger partial charge >= 0.3 is 0 Å². The Morgan fingerprint density at radius 2 is 2.10 bits per heavy atom. The Morgan fingerprint density at radius 1 is 1.30 bits per heavy atom. The van der Waals surface area contributed by atoms with E-state index in [-0.39, 0.29) is 42.0 Å². The summed E-state index contributed by atoms with van der Waals surface area (Å²) < 4.78 is 5.98. The second-order valence-corrected chi connectivity index (χ2v) is 7.98. The maximum absolute atomic E-state index is 12.3. The van der Waals surface area contributed by atoms with Gasteiger partial charge in [-0.05, 0) is 44.4 Å². The molecule has 2 N–H and O–H groups in total. The number of likely N-dealkylation sites (tertiary alicyclic amines) is 1. The predicted octanol–water partition coefficient (Wildman–Crippen LogP) is 2.11. The number of para-hydroxylation sites is 1. The fourth-order valence-corrected chi connectivity index (χ4v) is 4.05. The quantitative estimate of drug-likeness (QED) is 0.234. The van der Waals surface area contributed by atoms with Crippen molar-refractivity contribution in [3.8, 4) is 5.75 Å². The highest BCUT2D eigenvalue weighted by molar-refractivity contribution is 14.0. The smallest absolute Gasteiger partial charge is 0.239 e. The molecule has 0 aliphatic carbocycles. The number of halogens is 1. The third-order valence-electron chi connectivity index (χ3n) is 5.52. The fourth-order valence-electron chi connectivity index (χ4n) is 4.05. The molecule has 1 saturated heterocycles. The van der Waals surface area contributed by atoms with Crippen molar-refractivity contribution in [2.75, 3.05) is 46.8 Å². The lowest BCUT2D eigenvalue weighted by Gasteiger charge is -2.26. The summed E-state index contributed by atoms with van der Waals surface area (Å²) in [5.74, 6) is 2.04. The number of rotatable bonds is 8. The van der Waals surface area contributed by atoms with Gasteiger partial charge in [-0.3, -0.25) is 9.69 Å². The zero-order chi connectivity index (χ0) is 20.6. The molecule has 8 heteroatoms. The van der Waals surface area contributed by atoms with Crippen molar-refractivity contribution < 1.29 is 9.53 Å². The van der Waals surface area contributed by atoms with Crippen molar-refractivity contribution in [3.05, 3.63) is 29.8 Å². The largest absolute Gasteiger partial charge is 0.488 e. The van der Waals surface area contributed by atoms with Crippen molar-refractivity contribution in [1.82, 2.24) is 20.4 Å². The Labute approximate surface area is 197 Å². The first-order valence-corrected chi connectivity index (χ1v) is 10.8. The molecule has 2 aliphatic heterocycles. The van der Waals surface area contributed by atoms with Crippen molar-refractivity contribution in [2.24, 2.45) is 4.99 Å². The maximum Gasteiger partial charge on any atom is 0.239 e. The summed E-state index contributed by atoms with van der Waals surface area (Å²) in [6.45, 7) is 6.30. The van der Waals surface area contributed by atoms with Crippen molar-refractivity contribution >= 4 is 35.8 Å². The number of ether oxygens (including phenoxy) is 1. The number of nitrogens with zero attached hydrogens (tertiary/aromatic N) is 3. The molecule has 1 amide bonds. The topological polar surface area (TPSA) is 69.2 Å². The van der Waals surface area contributed by atoms with Crippen LogP contribution in [0.5, 0.6) is 5.75 Å². The normalized spacial score (nSPS) is 20.8. The Kier molecular flexibility index (Phi) is 10.2. The molecule has 0 radical (unpaired) electrons. The van der Waals surface area contributed by atoms with Crippen molar-refractivity contribution in [2.45, 2.75) is 44.8 Å². The molecule has 1 aromatic carbocycles. The summed E-state index contributed by atoms with van der Waals surface area (Å²) in [7, 11) is 3.68. The number of likely N-dealkylation sites (N-methyl/N-ethyl adjacent to an activating group) is 1. The van der Waals surface area contributed by atoms with Gasteiger partial charge in [0.2, 0.25) is 5.91 Å². The highest BCUT2D eigenvalue weighted by Gasteiger charge is 2.31. The molecule has 1 aromatic rings. The molecule has 1 fully saturated rings. The van der Waals surface area contributed by atoms with Crippen LogP contribution in [0.15, 0.2) is 29.3 Å². The lowest BCUT2D eigenvalue weighted by molar-refractivity contribution is -0.133. The first kappa shape index (κ1) is 24.7. The minimum absolute atomic E-state index is 0. The van der Waals surface area contributed by atoms with E-state index in [1.807, 2.05) is 26.2 Å². The van der Waals surface area contributed by atoms with E-state index in [0.717, 1.165) is 63.6 Å². The van der Waals surface area contributed by atoms with Crippen LogP contribution in [-0.2, 0) is 11.2 Å². The summed E-state index contributed by atoms with van der Waals surface area (Å²) in [4.78, 5) is 21.0. The number of aliphatic imine (C=N–C) groups is 1. The number of carbonyl (C=O) groups excluding carboxylic acids is 1. The Hall–Kier alpha value is -1.55. The van der Waals surface area contributed by atoms with Gasteiger partial charge in [0.1, 0.15) is 11.9 Å². The summed E-state index contributed by atoms with van der Waals surface area (Å²) in [5, 5.41) is 6.72. The standard InChI is InChI=1S/C22H35N5O2.HI/c1-4-23-22(25-16-18-15-17-9-5-6-11-20(17)29-18)24-12-8-14-27-13-7-10-19(27)21(28)26(2)3;/h5-6,9,11,18-19H,4,7-8,10,12-16H2,1-3H3,(H2,23,24,25);1H. The highest BCUT2D eigenvalue weighted by atomic mass is 127. The number of amides is 1. The minimum atomic E-state index is 0. The van der Waals surface area contributed by atoms with Gasteiger partial charge in [-0.2, -0.15) is 0 Å². The van der Waals surface area contributed by atoms with Crippen LogP contribution in [0.3, 0.4) is 0 Å². The van der Waals surface area contributed by atoms with E-state index in [2.05, 4.69) is 34.6 Å². The van der Waals surface area contributed by atoms with Crippen LogP contribution in [0, 0.1) is 0 Å². The average Bonchev–Trinajstić information content (AvgIpc) is 3.34. The monoisotopic (exact) mass is 529 g/mol. The minimum Gasteiger partial charge on any atom is -0.488 e. The fraction of sp³-hybridized carbons (Fsp3) is 0.636. The van der Waals surface area contributed by atoms with E-state index in [1.165, 1.54) is 5.56 Å². The van der Waals surface area contributed by atoms with Gasteiger partial charge in [0.05, 0.1) is 12.6 Å².